The second kappa shape index (κ2) is 4.65. The summed E-state index contributed by atoms with van der Waals surface area (Å²) < 4.78 is 0. The van der Waals surface area contributed by atoms with E-state index in [1.54, 1.807) is 22.7 Å². The quantitative estimate of drug-likeness (QED) is 0.904. The average Bonchev–Trinajstić information content (AvgIpc) is 2.97. The lowest BCUT2D eigenvalue weighted by Gasteiger charge is -2.23. The summed E-state index contributed by atoms with van der Waals surface area (Å²) >= 11 is 3.44. The molecule has 0 aliphatic heterocycles. The van der Waals surface area contributed by atoms with E-state index in [0.29, 0.717) is 6.54 Å². The Hall–Kier alpha value is -0.710. The third-order valence-electron chi connectivity index (χ3n) is 3.09. The van der Waals surface area contributed by atoms with Gasteiger partial charge in [-0.3, -0.25) is 0 Å². The Bertz CT molecular complexity index is 441. The predicted octanol–water partition coefficient (Wildman–Crippen LogP) is 3.50. The highest BCUT2D eigenvalue weighted by Crippen LogP contribution is 2.33. The minimum absolute atomic E-state index is 0.0199. The van der Waals surface area contributed by atoms with Crippen LogP contribution in [0.2, 0.25) is 0 Å². The lowest BCUT2D eigenvalue weighted by atomic mass is 9.85. The number of hydrogen-bond acceptors (Lipinski definition) is 4. The van der Waals surface area contributed by atoms with Crippen molar-refractivity contribution in [1.29, 1.82) is 0 Å². The zero-order chi connectivity index (χ0) is 11.6. The molecule has 0 amide bonds. The first-order valence-electron chi connectivity index (χ1n) is 5.39. The minimum Gasteiger partial charge on any atom is -0.330 e. The van der Waals surface area contributed by atoms with Crippen LogP contribution in [0.4, 0.5) is 0 Å². The Kier molecular flexibility index (Phi) is 3.42. The number of hydrogen-bond donors (Lipinski definition) is 1. The molecule has 0 fully saturated rings. The Morgan fingerprint density at radius 3 is 2.81 bits per heavy atom. The fourth-order valence-corrected chi connectivity index (χ4v) is 3.29. The Morgan fingerprint density at radius 2 is 2.25 bits per heavy atom. The first kappa shape index (κ1) is 11.8. The highest BCUT2D eigenvalue weighted by molar-refractivity contribution is 7.20. The molecular formula is C12H16N2S2. The van der Waals surface area contributed by atoms with E-state index in [2.05, 4.69) is 36.7 Å². The lowest BCUT2D eigenvalue weighted by Crippen LogP contribution is -2.31. The molecule has 0 saturated heterocycles. The first-order valence-corrected chi connectivity index (χ1v) is 7.15. The molecule has 0 bridgehead atoms. The largest absolute Gasteiger partial charge is 0.330 e. The van der Waals surface area contributed by atoms with Crippen molar-refractivity contribution in [2.75, 3.05) is 6.54 Å². The molecule has 2 nitrogen and oxygen atoms in total. The Balaban J connectivity index is 2.33. The van der Waals surface area contributed by atoms with Crippen LogP contribution in [0.3, 0.4) is 0 Å². The molecule has 0 spiro atoms. The number of thiophene rings is 1. The summed E-state index contributed by atoms with van der Waals surface area (Å²) in [5.41, 5.74) is 7.00. The lowest BCUT2D eigenvalue weighted by molar-refractivity contribution is 0.456. The Morgan fingerprint density at radius 1 is 1.44 bits per heavy atom. The minimum atomic E-state index is 0.0199. The molecule has 1 atom stereocenters. The van der Waals surface area contributed by atoms with Crippen molar-refractivity contribution in [3.8, 4) is 9.88 Å². The van der Waals surface area contributed by atoms with Gasteiger partial charge in [0.05, 0.1) is 10.6 Å². The molecule has 0 aliphatic rings. The topological polar surface area (TPSA) is 38.9 Å². The predicted molar refractivity (Wildman–Crippen MR) is 72.1 cm³/mol. The van der Waals surface area contributed by atoms with E-state index in [9.17, 15) is 0 Å². The summed E-state index contributed by atoms with van der Waals surface area (Å²) in [6, 6.07) is 4.17. The van der Waals surface area contributed by atoms with Gasteiger partial charge in [-0.25, -0.2) is 4.98 Å². The van der Waals surface area contributed by atoms with E-state index in [1.807, 2.05) is 0 Å². The van der Waals surface area contributed by atoms with E-state index in [1.165, 1.54) is 4.88 Å². The van der Waals surface area contributed by atoms with Crippen molar-refractivity contribution < 1.29 is 0 Å². The molecule has 4 heteroatoms. The van der Waals surface area contributed by atoms with Gasteiger partial charge in [-0.15, -0.1) is 22.7 Å². The molecule has 0 saturated carbocycles. The van der Waals surface area contributed by atoms with Crippen LogP contribution in [0, 0.1) is 0 Å². The molecule has 2 N–H and O–H groups in total. The van der Waals surface area contributed by atoms with Gasteiger partial charge in [0.1, 0.15) is 5.01 Å². The fourth-order valence-electron chi connectivity index (χ4n) is 1.49. The average molecular weight is 252 g/mol. The molecule has 2 aromatic heterocycles. The third-order valence-corrected chi connectivity index (χ3v) is 4.97. The molecular weight excluding hydrogens is 236 g/mol. The summed E-state index contributed by atoms with van der Waals surface area (Å²) in [5, 5.41) is 5.34. The summed E-state index contributed by atoms with van der Waals surface area (Å²) in [7, 11) is 0. The maximum absolute atomic E-state index is 5.84. The van der Waals surface area contributed by atoms with Crippen LogP contribution in [0.1, 0.15) is 26.0 Å². The van der Waals surface area contributed by atoms with Gasteiger partial charge < -0.3 is 5.73 Å². The monoisotopic (exact) mass is 252 g/mol. The number of rotatable bonds is 4. The summed E-state index contributed by atoms with van der Waals surface area (Å²) in [6.07, 6.45) is 1.02. The summed E-state index contributed by atoms with van der Waals surface area (Å²) in [4.78, 5) is 5.96. The first-order chi connectivity index (χ1) is 7.69. The van der Waals surface area contributed by atoms with Crippen molar-refractivity contribution >= 4 is 22.7 Å². The van der Waals surface area contributed by atoms with Crippen LogP contribution in [0.5, 0.6) is 0 Å². The third kappa shape index (κ3) is 2.05. The van der Waals surface area contributed by atoms with Gasteiger partial charge in [-0.2, -0.15) is 0 Å². The van der Waals surface area contributed by atoms with Crippen molar-refractivity contribution in [2.45, 2.75) is 25.7 Å². The molecule has 2 heterocycles. The molecule has 1 unspecified atom stereocenters. The van der Waals surface area contributed by atoms with Crippen LogP contribution in [-0.4, -0.2) is 11.5 Å². The van der Waals surface area contributed by atoms with Crippen LogP contribution < -0.4 is 5.73 Å². The molecule has 16 heavy (non-hydrogen) atoms. The van der Waals surface area contributed by atoms with Gasteiger partial charge in [0.15, 0.2) is 0 Å². The van der Waals surface area contributed by atoms with Gasteiger partial charge in [-0.1, -0.05) is 19.9 Å². The highest BCUT2D eigenvalue weighted by atomic mass is 32.1. The number of thiazole rings is 1. The van der Waals surface area contributed by atoms with Crippen molar-refractivity contribution in [1.82, 2.24) is 4.98 Å². The summed E-state index contributed by atoms with van der Waals surface area (Å²) in [6.45, 7) is 4.99. The summed E-state index contributed by atoms with van der Waals surface area (Å²) in [5.74, 6) is 0. The van der Waals surface area contributed by atoms with Gasteiger partial charge >= 0.3 is 0 Å². The molecule has 2 rings (SSSR count). The second-order valence-corrected chi connectivity index (χ2v) is 5.94. The zero-order valence-electron chi connectivity index (χ0n) is 9.56. The van der Waals surface area contributed by atoms with Gasteiger partial charge in [-0.05, 0) is 17.9 Å². The van der Waals surface area contributed by atoms with Crippen LogP contribution in [0.25, 0.3) is 9.88 Å². The zero-order valence-corrected chi connectivity index (χ0v) is 11.2. The van der Waals surface area contributed by atoms with E-state index in [0.717, 1.165) is 17.1 Å². The second-order valence-electron chi connectivity index (χ2n) is 4.13. The SMILES string of the molecule is CCC(C)(CN)c1csc(-c2cccs2)n1. The number of aromatic nitrogens is 1. The standard InChI is InChI=1S/C12H16N2S2/c1-3-12(2,8-13)10-7-16-11(14-10)9-5-4-6-15-9/h4-7H,3,8,13H2,1-2H3. The maximum Gasteiger partial charge on any atom is 0.133 e. The molecule has 0 radical (unpaired) electrons. The van der Waals surface area contributed by atoms with Gasteiger partial charge in [0.25, 0.3) is 0 Å². The van der Waals surface area contributed by atoms with Crippen molar-refractivity contribution in [2.24, 2.45) is 5.73 Å². The Labute approximate surface area is 104 Å². The highest BCUT2D eigenvalue weighted by Gasteiger charge is 2.25. The number of nitrogens with two attached hydrogens (primary N) is 1. The van der Waals surface area contributed by atoms with Crippen LogP contribution in [-0.2, 0) is 5.41 Å². The normalized spacial score (nSPS) is 14.9. The maximum atomic E-state index is 5.84. The van der Waals surface area contributed by atoms with Gasteiger partial charge in [0.2, 0.25) is 0 Å². The van der Waals surface area contributed by atoms with E-state index < -0.39 is 0 Å². The van der Waals surface area contributed by atoms with E-state index >= 15 is 0 Å². The fraction of sp³-hybridized carbons (Fsp3) is 0.417. The smallest absolute Gasteiger partial charge is 0.133 e. The molecule has 0 aromatic carbocycles. The molecule has 0 aliphatic carbocycles. The van der Waals surface area contributed by atoms with Crippen LogP contribution >= 0.6 is 22.7 Å². The van der Waals surface area contributed by atoms with E-state index in [-0.39, 0.29) is 5.41 Å². The van der Waals surface area contributed by atoms with Crippen molar-refractivity contribution in [3.63, 3.8) is 0 Å². The molecule has 86 valence electrons. The van der Waals surface area contributed by atoms with Crippen LogP contribution in [0.15, 0.2) is 22.9 Å². The van der Waals surface area contributed by atoms with Crippen molar-refractivity contribution in [3.05, 3.63) is 28.6 Å². The van der Waals surface area contributed by atoms with Gasteiger partial charge in [0, 0.05) is 17.3 Å². The number of nitrogens with zero attached hydrogens (tertiary/aromatic N) is 1. The van der Waals surface area contributed by atoms with E-state index in [4.69, 9.17) is 10.7 Å². The molecule has 2 aromatic rings.